The molecule has 0 aromatic heterocycles. The Hall–Kier alpha value is -6.13. The van der Waals surface area contributed by atoms with E-state index in [-0.39, 0.29) is 0 Å². The largest absolute Gasteiger partial charge is 0.331 e. The molecule has 246 valence electrons. The molecule has 0 bridgehead atoms. The molecular weight excluding hydrogens is 625 g/mol. The van der Waals surface area contributed by atoms with Gasteiger partial charge in [-0.25, -0.2) is 4.79 Å². The van der Waals surface area contributed by atoms with Crippen molar-refractivity contribution in [3.05, 3.63) is 156 Å². The molecule has 0 heterocycles. The quantitative estimate of drug-likeness (QED) is 0.136. The summed E-state index contributed by atoms with van der Waals surface area (Å²) in [7, 11) is 1.93. The van der Waals surface area contributed by atoms with Gasteiger partial charge in [0.05, 0.1) is 5.71 Å². The van der Waals surface area contributed by atoms with Gasteiger partial charge in [0, 0.05) is 30.8 Å². The molecule has 0 radical (unpaired) electrons. The minimum absolute atomic E-state index is 0.423. The molecular formula is C47H36N2O2. The predicted octanol–water partition coefficient (Wildman–Crippen LogP) is 11.2. The van der Waals surface area contributed by atoms with Crippen LogP contribution in [0.1, 0.15) is 42.0 Å². The van der Waals surface area contributed by atoms with E-state index in [0.29, 0.717) is 6.42 Å². The Morgan fingerprint density at radius 3 is 1.49 bits per heavy atom. The van der Waals surface area contributed by atoms with Crippen molar-refractivity contribution in [1.29, 1.82) is 0 Å². The molecule has 0 fully saturated rings. The van der Waals surface area contributed by atoms with Crippen LogP contribution in [0.5, 0.6) is 0 Å². The first-order valence-electron chi connectivity index (χ1n) is 17.7. The van der Waals surface area contributed by atoms with Crippen molar-refractivity contribution in [2.24, 2.45) is 10.1 Å². The minimum atomic E-state index is -0.423. The van der Waals surface area contributed by atoms with Gasteiger partial charge in [-0.1, -0.05) is 126 Å². The lowest BCUT2D eigenvalue weighted by atomic mass is 9.78. The van der Waals surface area contributed by atoms with Gasteiger partial charge in [-0.2, -0.15) is 0 Å². The third-order valence-corrected chi connectivity index (χ3v) is 10.6. The number of aliphatic imine (C=N–C) groups is 1. The van der Waals surface area contributed by atoms with Crippen molar-refractivity contribution in [3.8, 4) is 44.5 Å². The second kappa shape index (κ2) is 12.6. The standard InChI is InChI=1S/C47H36N2O2/c1-29(50)51-49-43-26-22-35-18-10-16-33-20-24-37(47(43)45(33)35)41-28-38(30-11-5-3-6-12-30)40(27-39(41)31-13-7-4-8-14-31)36-23-19-32-15-9-17-34-21-25-42(48-2)46(36)44(32)34/h3-20,23-24,27-28H,21-22,25-26H2,1-2H3/b48-42+,49-43+. The SMILES string of the molecule is C/N=C1\CCc2cccc3ccc(-c4cc(-c5ccccc5)c(-c5ccc6cccc7c6c5/C(=N/OC(C)=O)CC7)cc4-c4ccccc4)c1c23. The summed E-state index contributed by atoms with van der Waals surface area (Å²) in [6.07, 6.45) is 3.42. The van der Waals surface area contributed by atoms with Gasteiger partial charge in [0.1, 0.15) is 0 Å². The van der Waals surface area contributed by atoms with E-state index in [1.54, 1.807) is 0 Å². The summed E-state index contributed by atoms with van der Waals surface area (Å²) in [5.74, 6) is -0.423. The number of nitrogens with zero attached hydrogens (tertiary/aromatic N) is 2. The summed E-state index contributed by atoms with van der Waals surface area (Å²) >= 11 is 0. The molecule has 9 rings (SSSR count). The lowest BCUT2D eigenvalue weighted by Crippen LogP contribution is -2.14. The van der Waals surface area contributed by atoms with Gasteiger partial charge in [0.15, 0.2) is 0 Å². The fourth-order valence-electron chi connectivity index (χ4n) is 8.32. The maximum Gasteiger partial charge on any atom is 0.331 e. The first kappa shape index (κ1) is 30.9. The second-order valence-corrected chi connectivity index (χ2v) is 13.5. The van der Waals surface area contributed by atoms with Crippen LogP contribution in [0.4, 0.5) is 0 Å². The Balaban J connectivity index is 1.41. The fraction of sp³-hybridized carbons (Fsp3) is 0.128. The van der Waals surface area contributed by atoms with Crippen molar-refractivity contribution in [2.45, 2.75) is 32.6 Å². The number of benzene rings is 7. The molecule has 0 spiro atoms. The third kappa shape index (κ3) is 5.26. The Kier molecular flexibility index (Phi) is 7.66. The Morgan fingerprint density at radius 1 is 0.510 bits per heavy atom. The highest BCUT2D eigenvalue weighted by molar-refractivity contribution is 6.21. The lowest BCUT2D eigenvalue weighted by Gasteiger charge is -2.26. The molecule has 2 aliphatic rings. The van der Waals surface area contributed by atoms with E-state index in [1.807, 2.05) is 7.05 Å². The summed E-state index contributed by atoms with van der Waals surface area (Å²) in [4.78, 5) is 22.2. The van der Waals surface area contributed by atoms with Crippen molar-refractivity contribution in [2.75, 3.05) is 7.05 Å². The van der Waals surface area contributed by atoms with Crippen LogP contribution in [0.2, 0.25) is 0 Å². The normalized spacial score (nSPS) is 15.1. The van der Waals surface area contributed by atoms with E-state index in [0.717, 1.165) is 75.0 Å². The number of carbonyl (C=O) groups is 1. The van der Waals surface area contributed by atoms with Crippen LogP contribution < -0.4 is 0 Å². The van der Waals surface area contributed by atoms with Crippen LogP contribution in [0, 0.1) is 0 Å². The Labute approximate surface area is 297 Å². The van der Waals surface area contributed by atoms with E-state index in [1.165, 1.54) is 50.9 Å². The summed E-state index contributed by atoms with van der Waals surface area (Å²) in [5.41, 5.74) is 16.0. The zero-order chi connectivity index (χ0) is 34.5. The van der Waals surface area contributed by atoms with Crippen molar-refractivity contribution >= 4 is 38.9 Å². The fourth-order valence-corrected chi connectivity index (χ4v) is 8.32. The summed E-state index contributed by atoms with van der Waals surface area (Å²) in [5, 5.41) is 9.36. The maximum atomic E-state index is 12.0. The number of carbonyl (C=O) groups excluding carboxylic acids is 1. The molecule has 0 N–H and O–H groups in total. The number of rotatable bonds is 5. The van der Waals surface area contributed by atoms with Crippen LogP contribution >= 0.6 is 0 Å². The summed E-state index contributed by atoms with van der Waals surface area (Å²) < 4.78 is 0. The highest BCUT2D eigenvalue weighted by atomic mass is 16.7. The molecule has 0 saturated carbocycles. The molecule has 7 aromatic rings. The molecule has 7 aromatic carbocycles. The first-order valence-corrected chi connectivity index (χ1v) is 17.7. The third-order valence-electron chi connectivity index (χ3n) is 10.6. The van der Waals surface area contributed by atoms with Crippen LogP contribution in [-0.4, -0.2) is 24.4 Å². The molecule has 0 unspecified atom stereocenters. The molecule has 0 amide bonds. The van der Waals surface area contributed by atoms with E-state index >= 15 is 0 Å². The maximum absolute atomic E-state index is 12.0. The molecule has 0 aliphatic heterocycles. The number of hydrogen-bond acceptors (Lipinski definition) is 4. The minimum Gasteiger partial charge on any atom is -0.318 e. The Bertz CT molecular complexity index is 2580. The van der Waals surface area contributed by atoms with Gasteiger partial charge in [0.25, 0.3) is 0 Å². The van der Waals surface area contributed by atoms with E-state index in [4.69, 9.17) is 9.83 Å². The van der Waals surface area contributed by atoms with Crippen LogP contribution in [-0.2, 0) is 22.5 Å². The molecule has 2 aliphatic carbocycles. The first-order chi connectivity index (χ1) is 25.1. The van der Waals surface area contributed by atoms with Gasteiger partial charge < -0.3 is 4.84 Å². The highest BCUT2D eigenvalue weighted by Crippen LogP contribution is 2.47. The van der Waals surface area contributed by atoms with Gasteiger partial charge in [-0.05, 0) is 115 Å². The Morgan fingerprint density at radius 2 is 1.00 bits per heavy atom. The van der Waals surface area contributed by atoms with Gasteiger partial charge in [0.2, 0.25) is 0 Å². The summed E-state index contributed by atoms with van der Waals surface area (Å²) in [6.45, 7) is 1.40. The van der Waals surface area contributed by atoms with E-state index in [9.17, 15) is 4.79 Å². The highest BCUT2D eigenvalue weighted by Gasteiger charge is 2.27. The zero-order valence-corrected chi connectivity index (χ0v) is 28.7. The van der Waals surface area contributed by atoms with E-state index < -0.39 is 5.97 Å². The topological polar surface area (TPSA) is 51.0 Å². The van der Waals surface area contributed by atoms with Crippen molar-refractivity contribution in [1.82, 2.24) is 0 Å². The monoisotopic (exact) mass is 660 g/mol. The number of aryl methyl sites for hydroxylation is 2. The molecule has 51 heavy (non-hydrogen) atoms. The van der Waals surface area contributed by atoms with Gasteiger partial charge in [-0.15, -0.1) is 0 Å². The zero-order valence-electron chi connectivity index (χ0n) is 28.7. The number of oxime groups is 1. The lowest BCUT2D eigenvalue weighted by molar-refractivity contribution is -0.140. The van der Waals surface area contributed by atoms with Crippen molar-refractivity contribution < 1.29 is 9.63 Å². The molecule has 4 heteroatoms. The summed E-state index contributed by atoms with van der Waals surface area (Å²) in [6, 6.07) is 48.3. The number of hydrogen-bond donors (Lipinski definition) is 0. The average molecular weight is 661 g/mol. The van der Waals surface area contributed by atoms with Crippen LogP contribution in [0.15, 0.2) is 144 Å². The smallest absolute Gasteiger partial charge is 0.318 e. The van der Waals surface area contributed by atoms with E-state index in [2.05, 4.69) is 139 Å². The predicted molar refractivity (Wildman–Crippen MR) is 211 cm³/mol. The van der Waals surface area contributed by atoms with Crippen LogP contribution in [0.25, 0.3) is 66.1 Å². The van der Waals surface area contributed by atoms with Crippen LogP contribution in [0.3, 0.4) is 0 Å². The van der Waals surface area contributed by atoms with Gasteiger partial charge in [-0.3, -0.25) is 4.99 Å². The van der Waals surface area contributed by atoms with Gasteiger partial charge >= 0.3 is 5.97 Å². The second-order valence-electron chi connectivity index (χ2n) is 13.5. The molecule has 0 saturated heterocycles. The average Bonchev–Trinajstić information content (AvgIpc) is 3.18. The van der Waals surface area contributed by atoms with Crippen molar-refractivity contribution in [3.63, 3.8) is 0 Å². The molecule has 0 atom stereocenters. The molecule has 4 nitrogen and oxygen atoms in total.